The monoisotopic (exact) mass is 262 g/mol. The molecule has 86 valence electrons. The molecule has 7 heteroatoms. The molecule has 0 unspecified atom stereocenters. The van der Waals surface area contributed by atoms with Gasteiger partial charge in [0.05, 0.1) is 22.3 Å². The van der Waals surface area contributed by atoms with Crippen LogP contribution in [-0.4, -0.2) is 23.7 Å². The Morgan fingerprint density at radius 1 is 1.44 bits per heavy atom. The number of aliphatic imine (C=N–C) groups is 1. The van der Waals surface area contributed by atoms with Gasteiger partial charge in [0.1, 0.15) is 0 Å². The van der Waals surface area contributed by atoms with Gasteiger partial charge in [-0.05, 0) is 18.2 Å². The topological polar surface area (TPSA) is 92.8 Å². The number of carboxylic acid groups (broad SMARTS) is 1. The second kappa shape index (κ2) is 7.84. The Morgan fingerprint density at radius 2 is 2.00 bits per heavy atom. The summed E-state index contributed by atoms with van der Waals surface area (Å²) in [7, 11) is 0. The van der Waals surface area contributed by atoms with E-state index in [1.54, 1.807) is 12.1 Å². The third-order valence-electron chi connectivity index (χ3n) is 1.25. The van der Waals surface area contributed by atoms with Gasteiger partial charge in [0.2, 0.25) is 6.08 Å². The summed E-state index contributed by atoms with van der Waals surface area (Å²) in [6.07, 6.45) is 1.40. The number of aliphatic carboxylic acids is 1. The maximum atomic E-state index is 9.80. The largest absolute Gasteiger partial charge is 0.480 e. The lowest BCUT2D eigenvalue weighted by atomic mass is 10.3. The number of carbonyl (C=O) groups is 1. The molecule has 16 heavy (non-hydrogen) atoms. The van der Waals surface area contributed by atoms with Crippen LogP contribution in [0.3, 0.4) is 0 Å². The van der Waals surface area contributed by atoms with Crippen LogP contribution in [0, 0.1) is 0 Å². The van der Waals surface area contributed by atoms with E-state index in [0.29, 0.717) is 15.7 Å². The van der Waals surface area contributed by atoms with Crippen LogP contribution in [0.5, 0.6) is 0 Å². The SMILES string of the molecule is NCC(=O)O.O=C=Nc1ccc(Cl)c(Cl)c1. The van der Waals surface area contributed by atoms with E-state index >= 15 is 0 Å². The average molecular weight is 263 g/mol. The molecule has 0 bridgehead atoms. The van der Waals surface area contributed by atoms with Crippen LogP contribution in [-0.2, 0) is 9.59 Å². The van der Waals surface area contributed by atoms with Gasteiger partial charge in [0, 0.05) is 0 Å². The van der Waals surface area contributed by atoms with Gasteiger partial charge in [-0.2, -0.15) is 4.99 Å². The fraction of sp³-hybridized carbons (Fsp3) is 0.111. The zero-order chi connectivity index (χ0) is 12.6. The predicted octanol–water partition coefficient (Wildman–Crippen LogP) is 1.99. The first kappa shape index (κ1) is 14.6. The van der Waals surface area contributed by atoms with E-state index < -0.39 is 5.97 Å². The zero-order valence-corrected chi connectivity index (χ0v) is 9.50. The molecule has 5 nitrogen and oxygen atoms in total. The Labute approximate surface area is 101 Å². The summed E-state index contributed by atoms with van der Waals surface area (Å²) >= 11 is 11.2. The number of rotatable bonds is 2. The molecule has 0 aliphatic carbocycles. The summed E-state index contributed by atoms with van der Waals surface area (Å²) in [5.74, 6) is -0.968. The molecule has 0 spiro atoms. The highest BCUT2D eigenvalue weighted by Crippen LogP contribution is 2.25. The maximum Gasteiger partial charge on any atom is 0.317 e. The van der Waals surface area contributed by atoms with Crippen molar-refractivity contribution >= 4 is 40.9 Å². The molecule has 0 amide bonds. The third kappa shape index (κ3) is 6.16. The van der Waals surface area contributed by atoms with E-state index in [0.717, 1.165) is 0 Å². The van der Waals surface area contributed by atoms with Crippen molar-refractivity contribution in [2.75, 3.05) is 6.54 Å². The summed E-state index contributed by atoms with van der Waals surface area (Å²) in [5.41, 5.74) is 5.02. The quantitative estimate of drug-likeness (QED) is 0.630. The second-order valence-corrected chi connectivity index (χ2v) is 3.21. The molecule has 3 N–H and O–H groups in total. The summed E-state index contributed by atoms with van der Waals surface area (Å²) in [4.78, 5) is 22.4. The Bertz CT molecular complexity index is 417. The normalized spacial score (nSPS) is 8.44. The Kier molecular flexibility index (Phi) is 7.16. The molecular weight excluding hydrogens is 255 g/mol. The van der Waals surface area contributed by atoms with Gasteiger partial charge in [-0.3, -0.25) is 4.79 Å². The lowest BCUT2D eigenvalue weighted by molar-refractivity contribution is -0.135. The van der Waals surface area contributed by atoms with Crippen LogP contribution in [0.2, 0.25) is 10.0 Å². The van der Waals surface area contributed by atoms with Gasteiger partial charge in [0.25, 0.3) is 0 Å². The lowest BCUT2D eigenvalue weighted by Gasteiger charge is -1.93. The van der Waals surface area contributed by atoms with Crippen molar-refractivity contribution < 1.29 is 14.7 Å². The summed E-state index contributed by atoms with van der Waals surface area (Å²) in [5, 5.41) is 8.42. The molecule has 0 heterocycles. The highest BCUT2D eigenvalue weighted by molar-refractivity contribution is 6.42. The number of halogens is 2. The van der Waals surface area contributed by atoms with Crippen molar-refractivity contribution in [1.29, 1.82) is 0 Å². The van der Waals surface area contributed by atoms with Crippen LogP contribution in [0.4, 0.5) is 5.69 Å². The minimum Gasteiger partial charge on any atom is -0.480 e. The fourth-order valence-electron chi connectivity index (χ4n) is 0.607. The Balaban J connectivity index is 0.000000385. The van der Waals surface area contributed by atoms with Crippen molar-refractivity contribution in [2.45, 2.75) is 0 Å². The lowest BCUT2D eigenvalue weighted by Crippen LogP contribution is -2.10. The number of carbonyl (C=O) groups excluding carboxylic acids is 1. The predicted molar refractivity (Wildman–Crippen MR) is 60.9 cm³/mol. The first-order valence-electron chi connectivity index (χ1n) is 3.96. The van der Waals surface area contributed by atoms with E-state index in [-0.39, 0.29) is 6.54 Å². The maximum absolute atomic E-state index is 9.80. The smallest absolute Gasteiger partial charge is 0.317 e. The minimum atomic E-state index is -0.968. The van der Waals surface area contributed by atoms with Crippen molar-refractivity contribution in [3.05, 3.63) is 28.2 Å². The van der Waals surface area contributed by atoms with E-state index in [9.17, 15) is 9.59 Å². The van der Waals surface area contributed by atoms with E-state index in [2.05, 4.69) is 10.7 Å². The van der Waals surface area contributed by atoms with Crippen LogP contribution in [0.1, 0.15) is 0 Å². The first-order chi connectivity index (χ1) is 7.51. The molecule has 0 aliphatic rings. The Morgan fingerprint density at radius 3 is 2.38 bits per heavy atom. The number of benzene rings is 1. The Hall–Kier alpha value is -1.39. The highest BCUT2D eigenvalue weighted by atomic mass is 35.5. The molecule has 0 saturated carbocycles. The summed E-state index contributed by atoms with van der Waals surface area (Å²) in [6.45, 7) is -0.278. The third-order valence-corrected chi connectivity index (χ3v) is 1.99. The fourth-order valence-corrected chi connectivity index (χ4v) is 0.900. The van der Waals surface area contributed by atoms with E-state index in [4.69, 9.17) is 28.3 Å². The van der Waals surface area contributed by atoms with Gasteiger partial charge in [0.15, 0.2) is 0 Å². The number of carboxylic acids is 1. The van der Waals surface area contributed by atoms with Crippen LogP contribution in [0.15, 0.2) is 23.2 Å². The van der Waals surface area contributed by atoms with Gasteiger partial charge < -0.3 is 10.8 Å². The summed E-state index contributed by atoms with van der Waals surface area (Å²) < 4.78 is 0. The van der Waals surface area contributed by atoms with Crippen molar-refractivity contribution in [3.63, 3.8) is 0 Å². The molecule has 0 aliphatic heterocycles. The molecule has 0 saturated heterocycles. The van der Waals surface area contributed by atoms with Crippen molar-refractivity contribution in [2.24, 2.45) is 10.7 Å². The van der Waals surface area contributed by atoms with Gasteiger partial charge in [-0.15, -0.1) is 0 Å². The molecule has 0 atom stereocenters. The number of nitrogens with zero attached hydrogens (tertiary/aromatic N) is 1. The van der Waals surface area contributed by atoms with Crippen LogP contribution >= 0.6 is 23.2 Å². The van der Waals surface area contributed by atoms with Crippen LogP contribution in [0.25, 0.3) is 0 Å². The molecule has 1 rings (SSSR count). The highest BCUT2D eigenvalue weighted by Gasteiger charge is 1.96. The second-order valence-electron chi connectivity index (χ2n) is 2.40. The number of nitrogens with two attached hydrogens (primary N) is 1. The van der Waals surface area contributed by atoms with E-state index in [1.807, 2.05) is 0 Å². The van der Waals surface area contributed by atoms with Gasteiger partial charge in [-0.25, -0.2) is 4.79 Å². The molecular formula is C9H8Cl2N2O3. The van der Waals surface area contributed by atoms with Gasteiger partial charge in [-0.1, -0.05) is 23.2 Å². The molecule has 0 radical (unpaired) electrons. The van der Waals surface area contributed by atoms with E-state index in [1.165, 1.54) is 12.1 Å². The first-order valence-corrected chi connectivity index (χ1v) is 4.71. The van der Waals surface area contributed by atoms with Gasteiger partial charge >= 0.3 is 5.97 Å². The molecule has 0 aromatic heterocycles. The van der Waals surface area contributed by atoms with Crippen LogP contribution < -0.4 is 5.73 Å². The van der Waals surface area contributed by atoms with Crippen molar-refractivity contribution in [1.82, 2.24) is 0 Å². The average Bonchev–Trinajstić information content (AvgIpc) is 2.25. The molecule has 1 aromatic rings. The number of hydrogen-bond acceptors (Lipinski definition) is 4. The van der Waals surface area contributed by atoms with Crippen molar-refractivity contribution in [3.8, 4) is 0 Å². The summed E-state index contributed by atoms with van der Waals surface area (Å²) in [6, 6.07) is 4.65. The number of hydrogen-bond donors (Lipinski definition) is 2. The minimum absolute atomic E-state index is 0.278. The standard InChI is InChI=1S/C7H3Cl2NO.C2H5NO2/c8-6-2-1-5(10-4-11)3-7(6)9;3-1-2(4)5/h1-3H;1,3H2,(H,4,5). The molecule has 1 aromatic carbocycles. The molecule has 0 fully saturated rings. The number of isocyanates is 1. The zero-order valence-electron chi connectivity index (χ0n) is 7.98.